The molecule has 2 rings (SSSR count). The third-order valence-electron chi connectivity index (χ3n) is 3.70. The monoisotopic (exact) mass is 417 g/mol. The highest BCUT2D eigenvalue weighted by Gasteiger charge is 2.14. The quantitative estimate of drug-likeness (QED) is 0.596. The topological polar surface area (TPSA) is 47.6 Å². The van der Waals surface area contributed by atoms with Crippen molar-refractivity contribution < 1.29 is 23.0 Å². The number of nitrogens with one attached hydrogen (secondary N) is 1. The van der Waals surface area contributed by atoms with Gasteiger partial charge in [-0.1, -0.05) is 37.0 Å². The van der Waals surface area contributed by atoms with Crippen molar-refractivity contribution in [1.82, 2.24) is 0 Å². The van der Waals surface area contributed by atoms with Gasteiger partial charge in [-0.3, -0.25) is 4.79 Å². The molecule has 0 unspecified atom stereocenters. The van der Waals surface area contributed by atoms with Gasteiger partial charge < -0.3 is 14.8 Å². The number of amides is 1. The summed E-state index contributed by atoms with van der Waals surface area (Å²) >= 11 is 12.0. The van der Waals surface area contributed by atoms with Crippen molar-refractivity contribution in [2.24, 2.45) is 0 Å². The number of anilines is 1. The highest BCUT2D eigenvalue weighted by Crippen LogP contribution is 2.32. The molecule has 0 saturated carbocycles. The number of rotatable bonds is 7. The summed E-state index contributed by atoms with van der Waals surface area (Å²) in [5.74, 6) is 0.165. The van der Waals surface area contributed by atoms with E-state index < -0.39 is 12.5 Å². The van der Waals surface area contributed by atoms with Crippen LogP contribution in [0.5, 0.6) is 11.5 Å². The number of alkyl halides is 2. The Kier molecular flexibility index (Phi) is 7.27. The van der Waals surface area contributed by atoms with Gasteiger partial charge in [-0.15, -0.1) is 0 Å². The molecule has 1 amide bonds. The SMILES string of the molecule is Cc1cc(OCC(=O)Nc2ccc(OC(F)F)c(Cl)c2)c(C(C)C)cc1Cl. The summed E-state index contributed by atoms with van der Waals surface area (Å²) in [6.07, 6.45) is 0. The second-order valence-electron chi connectivity index (χ2n) is 6.15. The molecule has 0 atom stereocenters. The van der Waals surface area contributed by atoms with Gasteiger partial charge in [0, 0.05) is 10.7 Å². The summed E-state index contributed by atoms with van der Waals surface area (Å²) in [5, 5.41) is 3.19. The second kappa shape index (κ2) is 9.24. The lowest BCUT2D eigenvalue weighted by molar-refractivity contribution is -0.118. The molecule has 0 spiro atoms. The van der Waals surface area contributed by atoms with E-state index in [2.05, 4.69) is 10.1 Å². The van der Waals surface area contributed by atoms with Crippen molar-refractivity contribution in [2.75, 3.05) is 11.9 Å². The van der Waals surface area contributed by atoms with Gasteiger partial charge in [0.15, 0.2) is 6.61 Å². The molecule has 8 heteroatoms. The molecule has 0 aliphatic carbocycles. The molecule has 0 aliphatic heterocycles. The van der Waals surface area contributed by atoms with Gasteiger partial charge in [-0.2, -0.15) is 8.78 Å². The van der Waals surface area contributed by atoms with Crippen molar-refractivity contribution in [2.45, 2.75) is 33.3 Å². The Labute approximate surface area is 166 Å². The normalized spacial score (nSPS) is 11.0. The minimum Gasteiger partial charge on any atom is -0.483 e. The van der Waals surface area contributed by atoms with Crippen molar-refractivity contribution in [1.29, 1.82) is 0 Å². The average molecular weight is 418 g/mol. The van der Waals surface area contributed by atoms with Gasteiger partial charge in [0.2, 0.25) is 0 Å². The maximum Gasteiger partial charge on any atom is 0.387 e. The van der Waals surface area contributed by atoms with Gasteiger partial charge in [0.1, 0.15) is 11.5 Å². The minimum absolute atomic E-state index is 0.0376. The van der Waals surface area contributed by atoms with E-state index in [0.717, 1.165) is 11.1 Å². The van der Waals surface area contributed by atoms with Gasteiger partial charge in [-0.25, -0.2) is 0 Å². The summed E-state index contributed by atoms with van der Waals surface area (Å²) in [5.41, 5.74) is 2.08. The van der Waals surface area contributed by atoms with Crippen LogP contribution in [0.4, 0.5) is 14.5 Å². The molecule has 0 fully saturated rings. The van der Waals surface area contributed by atoms with E-state index in [1.54, 1.807) is 6.07 Å². The lowest BCUT2D eigenvalue weighted by Crippen LogP contribution is -2.20. The molecule has 2 aromatic carbocycles. The van der Waals surface area contributed by atoms with Crippen LogP contribution in [0, 0.1) is 6.92 Å². The molecule has 146 valence electrons. The molecular weight excluding hydrogens is 399 g/mol. The Hall–Kier alpha value is -2.05. The van der Waals surface area contributed by atoms with E-state index in [9.17, 15) is 13.6 Å². The largest absolute Gasteiger partial charge is 0.483 e. The fourth-order valence-electron chi connectivity index (χ4n) is 2.36. The smallest absolute Gasteiger partial charge is 0.387 e. The van der Waals surface area contributed by atoms with Crippen molar-refractivity contribution >= 4 is 34.8 Å². The summed E-state index contributed by atoms with van der Waals surface area (Å²) < 4.78 is 34.4. The van der Waals surface area contributed by atoms with Crippen molar-refractivity contribution in [3.63, 3.8) is 0 Å². The number of carbonyl (C=O) groups excluding carboxylic acids is 1. The van der Waals surface area contributed by atoms with Gasteiger partial charge in [0.05, 0.1) is 5.02 Å². The van der Waals surface area contributed by atoms with Gasteiger partial charge in [0.25, 0.3) is 5.91 Å². The molecule has 1 N–H and O–H groups in total. The maximum atomic E-state index is 12.2. The van der Waals surface area contributed by atoms with Crippen LogP contribution in [-0.2, 0) is 4.79 Å². The zero-order valence-corrected chi connectivity index (χ0v) is 16.5. The first-order chi connectivity index (χ1) is 12.7. The van der Waals surface area contributed by atoms with Crippen LogP contribution in [0.15, 0.2) is 30.3 Å². The Morgan fingerprint density at radius 2 is 1.81 bits per heavy atom. The van der Waals surface area contributed by atoms with E-state index in [-0.39, 0.29) is 23.3 Å². The molecule has 0 heterocycles. The number of ether oxygens (including phenoxy) is 2. The summed E-state index contributed by atoms with van der Waals surface area (Å²) in [4.78, 5) is 12.1. The summed E-state index contributed by atoms with van der Waals surface area (Å²) in [6, 6.07) is 7.61. The highest BCUT2D eigenvalue weighted by atomic mass is 35.5. The number of hydrogen-bond acceptors (Lipinski definition) is 3. The van der Waals surface area contributed by atoms with Crippen molar-refractivity contribution in [3.05, 3.63) is 51.5 Å². The average Bonchev–Trinajstić information content (AvgIpc) is 2.57. The second-order valence-corrected chi connectivity index (χ2v) is 6.97. The third-order valence-corrected chi connectivity index (χ3v) is 4.41. The van der Waals surface area contributed by atoms with E-state index >= 15 is 0 Å². The first kappa shape index (κ1) is 21.3. The highest BCUT2D eigenvalue weighted by molar-refractivity contribution is 6.32. The first-order valence-corrected chi connectivity index (χ1v) is 8.90. The van der Waals surface area contributed by atoms with E-state index in [1.807, 2.05) is 26.8 Å². The molecule has 27 heavy (non-hydrogen) atoms. The first-order valence-electron chi connectivity index (χ1n) is 8.14. The molecule has 0 saturated heterocycles. The van der Waals surface area contributed by atoms with Crippen LogP contribution in [0.25, 0.3) is 0 Å². The summed E-state index contributed by atoms with van der Waals surface area (Å²) in [7, 11) is 0. The minimum atomic E-state index is -2.98. The van der Waals surface area contributed by atoms with Crippen LogP contribution in [-0.4, -0.2) is 19.1 Å². The van der Waals surface area contributed by atoms with Crippen LogP contribution in [0.2, 0.25) is 10.0 Å². The molecular formula is C19H19Cl2F2NO3. The standard InChI is InChI=1S/C19H19Cl2F2NO3/c1-10(2)13-8-14(20)11(3)6-17(13)26-9-18(25)24-12-4-5-16(15(21)7-12)27-19(22)23/h4-8,10,19H,9H2,1-3H3,(H,24,25). The zero-order chi connectivity index (χ0) is 20.1. The van der Waals surface area contributed by atoms with E-state index in [1.165, 1.54) is 18.2 Å². The predicted molar refractivity (Wildman–Crippen MR) is 102 cm³/mol. The van der Waals surface area contributed by atoms with Crippen LogP contribution in [0.1, 0.15) is 30.9 Å². The van der Waals surface area contributed by atoms with E-state index in [4.69, 9.17) is 27.9 Å². The van der Waals surface area contributed by atoms with E-state index in [0.29, 0.717) is 16.5 Å². The number of carbonyl (C=O) groups is 1. The lowest BCUT2D eigenvalue weighted by atomic mass is 10.0. The number of halogens is 4. The maximum absolute atomic E-state index is 12.2. The number of aryl methyl sites for hydroxylation is 1. The molecule has 0 aliphatic rings. The Morgan fingerprint density at radius 3 is 2.41 bits per heavy atom. The molecule has 0 aromatic heterocycles. The Bertz CT molecular complexity index is 829. The molecule has 0 radical (unpaired) electrons. The van der Waals surface area contributed by atoms with Gasteiger partial charge >= 0.3 is 6.61 Å². The molecule has 0 bridgehead atoms. The number of benzene rings is 2. The predicted octanol–water partition coefficient (Wildman–Crippen LogP) is 6.04. The van der Waals surface area contributed by atoms with Crippen LogP contribution in [0.3, 0.4) is 0 Å². The zero-order valence-electron chi connectivity index (χ0n) is 15.0. The molecule has 2 aromatic rings. The summed E-state index contributed by atoms with van der Waals surface area (Å²) in [6.45, 7) is 2.64. The van der Waals surface area contributed by atoms with Crippen molar-refractivity contribution in [3.8, 4) is 11.5 Å². The fraction of sp³-hybridized carbons (Fsp3) is 0.316. The third kappa shape index (κ3) is 5.97. The molecule has 4 nitrogen and oxygen atoms in total. The van der Waals surface area contributed by atoms with Crippen LogP contribution < -0.4 is 14.8 Å². The van der Waals surface area contributed by atoms with Gasteiger partial charge in [-0.05, 0) is 54.3 Å². The Morgan fingerprint density at radius 1 is 1.11 bits per heavy atom. The van der Waals surface area contributed by atoms with Crippen LogP contribution >= 0.6 is 23.2 Å². The number of hydrogen-bond donors (Lipinski definition) is 1. The fourth-order valence-corrected chi connectivity index (χ4v) is 2.75. The lowest BCUT2D eigenvalue weighted by Gasteiger charge is -2.16. The Balaban J connectivity index is 2.03.